The van der Waals surface area contributed by atoms with Crippen molar-refractivity contribution in [1.29, 1.82) is 0 Å². The lowest BCUT2D eigenvalue weighted by atomic mass is 10.2. The van der Waals surface area contributed by atoms with E-state index in [1.807, 2.05) is 0 Å². The highest BCUT2D eigenvalue weighted by Crippen LogP contribution is 2.19. The highest BCUT2D eigenvalue weighted by Gasteiger charge is 2.16. The minimum absolute atomic E-state index is 0.222. The van der Waals surface area contributed by atoms with Gasteiger partial charge in [0.15, 0.2) is 0 Å². The predicted octanol–water partition coefficient (Wildman–Crippen LogP) is 2.59. The molecular formula is C17H16FN3O4S. The number of fused-ring (bicyclic) bond motifs is 1. The SMILES string of the molecule is CCOC(=O)c1cnn2ccc(NS(=O)(=O)Cc3ccc(F)cc3)cc12. The standard InChI is InChI=1S/C17H16FN3O4S/c1-2-25-17(22)15-10-19-21-8-7-14(9-16(15)21)20-26(23,24)11-12-3-5-13(18)6-4-12/h3-10,20H,2,11H2,1H3. The van der Waals surface area contributed by atoms with E-state index in [0.29, 0.717) is 11.1 Å². The molecule has 9 heteroatoms. The summed E-state index contributed by atoms with van der Waals surface area (Å²) in [6.45, 7) is 1.92. The molecule has 0 atom stereocenters. The first kappa shape index (κ1) is 17.9. The average Bonchev–Trinajstić information content (AvgIpc) is 3.00. The molecule has 3 aromatic rings. The summed E-state index contributed by atoms with van der Waals surface area (Å²) in [5.41, 5.74) is 1.40. The predicted molar refractivity (Wildman–Crippen MR) is 93.8 cm³/mol. The Kier molecular flexibility index (Phi) is 4.90. The number of esters is 1. The van der Waals surface area contributed by atoms with Crippen LogP contribution in [0.4, 0.5) is 10.1 Å². The fraction of sp³-hybridized carbons (Fsp3) is 0.176. The van der Waals surface area contributed by atoms with Gasteiger partial charge in [0, 0.05) is 6.20 Å². The maximum atomic E-state index is 12.9. The van der Waals surface area contributed by atoms with Gasteiger partial charge in [-0.3, -0.25) is 4.72 Å². The molecule has 0 aliphatic carbocycles. The first-order chi connectivity index (χ1) is 12.4. The minimum atomic E-state index is -3.71. The second-order valence-corrected chi connectivity index (χ2v) is 7.23. The number of rotatable bonds is 6. The van der Waals surface area contributed by atoms with Crippen LogP contribution in [0.3, 0.4) is 0 Å². The number of halogens is 1. The summed E-state index contributed by atoms with van der Waals surface area (Å²) in [7, 11) is -3.71. The van der Waals surface area contributed by atoms with Gasteiger partial charge >= 0.3 is 5.97 Å². The molecule has 0 bridgehead atoms. The minimum Gasteiger partial charge on any atom is -0.462 e. The van der Waals surface area contributed by atoms with E-state index in [2.05, 4.69) is 9.82 Å². The van der Waals surface area contributed by atoms with Crippen LogP contribution in [0.2, 0.25) is 0 Å². The van der Waals surface area contributed by atoms with Gasteiger partial charge in [-0.2, -0.15) is 5.10 Å². The number of benzene rings is 1. The van der Waals surface area contributed by atoms with Crippen molar-refractivity contribution in [3.05, 3.63) is 65.7 Å². The number of pyridine rings is 1. The summed E-state index contributed by atoms with van der Waals surface area (Å²) < 4.78 is 46.5. The van der Waals surface area contributed by atoms with Crippen molar-refractivity contribution in [3.8, 4) is 0 Å². The summed E-state index contributed by atoms with van der Waals surface area (Å²) >= 11 is 0. The van der Waals surface area contributed by atoms with Gasteiger partial charge in [-0.15, -0.1) is 0 Å². The van der Waals surface area contributed by atoms with Crippen LogP contribution in [0.1, 0.15) is 22.8 Å². The van der Waals surface area contributed by atoms with E-state index in [1.54, 1.807) is 6.92 Å². The topological polar surface area (TPSA) is 89.8 Å². The molecule has 0 aliphatic rings. The normalized spacial score (nSPS) is 11.5. The Morgan fingerprint density at radius 2 is 2.00 bits per heavy atom. The van der Waals surface area contributed by atoms with Crippen LogP contribution in [0.15, 0.2) is 48.8 Å². The zero-order valence-electron chi connectivity index (χ0n) is 13.8. The van der Waals surface area contributed by atoms with Gasteiger partial charge in [0.05, 0.1) is 29.8 Å². The molecule has 1 aromatic carbocycles. The van der Waals surface area contributed by atoms with Crippen molar-refractivity contribution in [2.75, 3.05) is 11.3 Å². The third-order valence-corrected chi connectivity index (χ3v) is 4.82. The Bertz CT molecular complexity index is 1050. The van der Waals surface area contributed by atoms with Crippen molar-refractivity contribution in [2.45, 2.75) is 12.7 Å². The quantitative estimate of drug-likeness (QED) is 0.667. The van der Waals surface area contributed by atoms with Crippen molar-refractivity contribution in [2.24, 2.45) is 0 Å². The summed E-state index contributed by atoms with van der Waals surface area (Å²) in [4.78, 5) is 11.9. The van der Waals surface area contributed by atoms with Crippen LogP contribution in [0, 0.1) is 5.82 Å². The number of nitrogens with zero attached hydrogens (tertiary/aromatic N) is 2. The van der Waals surface area contributed by atoms with E-state index >= 15 is 0 Å². The van der Waals surface area contributed by atoms with E-state index in [-0.39, 0.29) is 23.6 Å². The number of sulfonamides is 1. The van der Waals surface area contributed by atoms with Gasteiger partial charge in [0.25, 0.3) is 0 Å². The number of hydrogen-bond acceptors (Lipinski definition) is 5. The lowest BCUT2D eigenvalue weighted by Crippen LogP contribution is -2.15. The third-order valence-electron chi connectivity index (χ3n) is 3.56. The van der Waals surface area contributed by atoms with E-state index in [4.69, 9.17) is 4.74 Å². The molecule has 2 heterocycles. The molecule has 136 valence electrons. The van der Waals surface area contributed by atoms with Gasteiger partial charge in [-0.05, 0) is 36.8 Å². The van der Waals surface area contributed by atoms with Crippen molar-refractivity contribution >= 4 is 27.2 Å². The Labute approximate surface area is 149 Å². The molecule has 0 amide bonds. The monoisotopic (exact) mass is 377 g/mol. The van der Waals surface area contributed by atoms with Gasteiger partial charge in [0.2, 0.25) is 10.0 Å². The van der Waals surface area contributed by atoms with Crippen molar-refractivity contribution in [3.63, 3.8) is 0 Å². The summed E-state index contributed by atoms with van der Waals surface area (Å²) in [6.07, 6.45) is 2.90. The molecule has 1 N–H and O–H groups in total. The van der Waals surface area contributed by atoms with Crippen LogP contribution >= 0.6 is 0 Å². The number of hydrogen-bond donors (Lipinski definition) is 1. The number of carbonyl (C=O) groups is 1. The largest absolute Gasteiger partial charge is 0.462 e. The average molecular weight is 377 g/mol. The Morgan fingerprint density at radius 3 is 2.69 bits per heavy atom. The molecular weight excluding hydrogens is 361 g/mol. The molecule has 0 spiro atoms. The van der Waals surface area contributed by atoms with Gasteiger partial charge in [-0.25, -0.2) is 22.1 Å². The molecule has 0 unspecified atom stereocenters. The molecule has 0 saturated heterocycles. The van der Waals surface area contributed by atoms with Crippen LogP contribution in [0.25, 0.3) is 5.52 Å². The fourth-order valence-corrected chi connectivity index (χ4v) is 3.62. The Hall–Kier alpha value is -2.94. The Morgan fingerprint density at radius 1 is 1.27 bits per heavy atom. The lowest BCUT2D eigenvalue weighted by molar-refractivity contribution is 0.0528. The van der Waals surface area contributed by atoms with Crippen molar-refractivity contribution in [1.82, 2.24) is 9.61 Å². The molecule has 7 nitrogen and oxygen atoms in total. The number of ether oxygens (including phenoxy) is 1. The Balaban J connectivity index is 1.84. The summed E-state index contributed by atoms with van der Waals surface area (Å²) in [5, 5.41) is 4.04. The van der Waals surface area contributed by atoms with Crippen LogP contribution in [-0.2, 0) is 20.5 Å². The maximum Gasteiger partial charge on any atom is 0.341 e. The van der Waals surface area contributed by atoms with Crippen LogP contribution in [-0.4, -0.2) is 30.6 Å². The number of anilines is 1. The van der Waals surface area contributed by atoms with E-state index in [1.165, 1.54) is 53.3 Å². The van der Waals surface area contributed by atoms with E-state index < -0.39 is 21.8 Å². The number of nitrogens with one attached hydrogen (secondary N) is 1. The van der Waals surface area contributed by atoms with Crippen LogP contribution in [0.5, 0.6) is 0 Å². The number of aromatic nitrogens is 2. The van der Waals surface area contributed by atoms with E-state index in [9.17, 15) is 17.6 Å². The smallest absolute Gasteiger partial charge is 0.341 e. The zero-order valence-corrected chi connectivity index (χ0v) is 14.7. The highest BCUT2D eigenvalue weighted by molar-refractivity contribution is 7.91. The van der Waals surface area contributed by atoms with Gasteiger partial charge in [0.1, 0.15) is 11.4 Å². The number of carbonyl (C=O) groups excluding carboxylic acids is 1. The molecule has 0 radical (unpaired) electrons. The highest BCUT2D eigenvalue weighted by atomic mass is 32.2. The molecule has 26 heavy (non-hydrogen) atoms. The molecule has 2 aromatic heterocycles. The van der Waals surface area contributed by atoms with Gasteiger partial charge < -0.3 is 4.74 Å². The van der Waals surface area contributed by atoms with Crippen molar-refractivity contribution < 1.29 is 22.3 Å². The zero-order chi connectivity index (χ0) is 18.7. The fourth-order valence-electron chi connectivity index (χ4n) is 2.43. The molecule has 3 rings (SSSR count). The second-order valence-electron chi connectivity index (χ2n) is 5.51. The third kappa shape index (κ3) is 3.99. The second kappa shape index (κ2) is 7.12. The summed E-state index contributed by atoms with van der Waals surface area (Å²) in [6, 6.07) is 8.25. The lowest BCUT2D eigenvalue weighted by Gasteiger charge is -2.09. The maximum absolute atomic E-state index is 12.9. The first-order valence-electron chi connectivity index (χ1n) is 7.77. The molecule has 0 saturated carbocycles. The first-order valence-corrected chi connectivity index (χ1v) is 9.42. The van der Waals surface area contributed by atoms with Crippen LogP contribution < -0.4 is 4.72 Å². The molecule has 0 aliphatic heterocycles. The van der Waals surface area contributed by atoms with Gasteiger partial charge in [-0.1, -0.05) is 12.1 Å². The van der Waals surface area contributed by atoms with E-state index in [0.717, 1.165) is 0 Å². The molecule has 0 fully saturated rings. The summed E-state index contributed by atoms with van der Waals surface area (Å²) in [5.74, 6) is -1.27.